The molecule has 3 aliphatic heterocycles. The van der Waals surface area contributed by atoms with Crippen molar-refractivity contribution >= 4 is 23.3 Å². The molecule has 3 aliphatic rings. The van der Waals surface area contributed by atoms with Crippen molar-refractivity contribution in [2.24, 2.45) is 47.3 Å². The highest BCUT2D eigenvalue weighted by molar-refractivity contribution is 5.91. The predicted octanol–water partition coefficient (Wildman–Crippen LogP) is 4.57. The number of aliphatic hydroxyl groups is 6. The van der Waals surface area contributed by atoms with Gasteiger partial charge in [-0.25, -0.2) is 4.79 Å². The monoisotopic (exact) mass is 835 g/mol. The van der Waals surface area contributed by atoms with Crippen LogP contribution in [0.5, 0.6) is 0 Å². The molecule has 3 heterocycles. The molecular formula is C46H74O13. The molecule has 2 bridgehead atoms. The fourth-order valence-corrected chi connectivity index (χ4v) is 9.21. The summed E-state index contributed by atoms with van der Waals surface area (Å²) in [6.07, 6.45) is 4.55. The summed E-state index contributed by atoms with van der Waals surface area (Å²) < 4.78 is 19.3. The van der Waals surface area contributed by atoms with Gasteiger partial charge in [-0.15, -0.1) is 0 Å². The van der Waals surface area contributed by atoms with E-state index >= 15 is 0 Å². The van der Waals surface area contributed by atoms with Crippen LogP contribution in [0.4, 0.5) is 0 Å². The highest BCUT2D eigenvalue weighted by atomic mass is 16.7. The maximum Gasteiger partial charge on any atom is 0.330 e. The number of hydrogen-bond acceptors (Lipinski definition) is 13. The lowest BCUT2D eigenvalue weighted by Gasteiger charge is -2.58. The molecule has 0 aromatic carbocycles. The SMILES string of the molecule is CC[C@@H]1/C=C/C=C/C[C@H](C)[C@@H](O)[C@](C)(O)C(=O)[C@H](C)[C@@H](O)[C@H](C)C(=O)[C@@H](C)[C@@H](O)[C@H](C)/C=C/C(=O)O[C@H]2[C@@H](C)[C@@H](CC1)OC1(O[C@H](C[C@H](C)O)[C@H](C)CC1=O)[C@@]2(O)CC. The lowest BCUT2D eigenvalue weighted by molar-refractivity contribution is -0.393. The smallest absolute Gasteiger partial charge is 0.330 e. The van der Waals surface area contributed by atoms with E-state index in [0.717, 1.165) is 12.5 Å². The van der Waals surface area contributed by atoms with Crippen LogP contribution in [-0.4, -0.2) is 114 Å². The van der Waals surface area contributed by atoms with Crippen LogP contribution in [-0.2, 0) is 33.4 Å². The summed E-state index contributed by atoms with van der Waals surface area (Å²) in [6.45, 7) is 17.8. The predicted molar refractivity (Wildman–Crippen MR) is 221 cm³/mol. The van der Waals surface area contributed by atoms with Crippen molar-refractivity contribution in [1.29, 1.82) is 0 Å². The minimum absolute atomic E-state index is 0.0123. The van der Waals surface area contributed by atoms with Crippen molar-refractivity contribution in [3.8, 4) is 0 Å². The number of carbonyl (C=O) groups excluding carboxylic acids is 4. The summed E-state index contributed by atoms with van der Waals surface area (Å²) in [7, 11) is 0. The average molecular weight is 835 g/mol. The summed E-state index contributed by atoms with van der Waals surface area (Å²) in [5.41, 5.74) is -4.34. The molecular weight excluding hydrogens is 760 g/mol. The lowest BCUT2D eigenvalue weighted by Crippen LogP contribution is -2.76. The van der Waals surface area contributed by atoms with Crippen LogP contribution in [0, 0.1) is 47.3 Å². The Bertz CT molecular complexity index is 1540. The number of fused-ring (bicyclic) bond motifs is 2. The first-order chi connectivity index (χ1) is 27.4. The molecule has 336 valence electrons. The first kappa shape index (κ1) is 50.7. The van der Waals surface area contributed by atoms with Gasteiger partial charge in [-0.3, -0.25) is 14.4 Å². The molecule has 0 amide bonds. The molecule has 3 rings (SSSR count). The topological polar surface area (TPSA) is 217 Å². The molecule has 0 saturated carbocycles. The summed E-state index contributed by atoms with van der Waals surface area (Å²) in [5.74, 6) is -10.5. The molecule has 1 unspecified atom stereocenters. The zero-order valence-corrected chi connectivity index (χ0v) is 37.1. The van der Waals surface area contributed by atoms with Crippen molar-refractivity contribution in [2.75, 3.05) is 0 Å². The standard InChI is InChI=1S/C46H74O13/c1-12-33-18-16-14-15-17-26(4)41(53)44(11,55)42(54)32(10)40(52)31(9)39(51)30(8)38(50)25(3)19-22-37(49)57-43-29(7)34(21-20-33)58-46(45(43,56)13-2)36(48)23-27(5)35(59-46)24-28(6)47/h14-16,18-19,22,25-35,38,40-41,43,47,50,52-53,55-56H,12-13,17,20-21,23-24H2,1-11H3/b15-14+,18-16+,22-19+/t25-,26+,27-,28+,29+,30+,31-,32-,33-,34-,35-,38+,40+,41-,43+,44+,45-,46?/m1/s1. The number of Topliss-reactive ketones (excluding diaryl/α,β-unsaturated/α-hetero) is 3. The fraction of sp³-hybridized carbons (Fsp3) is 0.783. The Morgan fingerprint density at radius 1 is 0.831 bits per heavy atom. The molecule has 13 heteroatoms. The second kappa shape index (κ2) is 21.0. The Balaban J connectivity index is 2.09. The van der Waals surface area contributed by atoms with Crippen LogP contribution < -0.4 is 0 Å². The minimum atomic E-state index is -2.23. The number of carbonyl (C=O) groups is 4. The highest BCUT2D eigenvalue weighted by Gasteiger charge is 2.70. The van der Waals surface area contributed by atoms with Gasteiger partial charge in [0.05, 0.1) is 36.6 Å². The van der Waals surface area contributed by atoms with Gasteiger partial charge in [0.25, 0.3) is 5.79 Å². The van der Waals surface area contributed by atoms with Gasteiger partial charge in [-0.2, -0.15) is 0 Å². The molecule has 18 atom stereocenters. The number of rotatable bonds is 4. The van der Waals surface area contributed by atoms with Crippen molar-refractivity contribution in [1.82, 2.24) is 0 Å². The molecule has 0 radical (unpaired) electrons. The van der Waals surface area contributed by atoms with Crippen molar-refractivity contribution in [3.05, 3.63) is 36.5 Å². The third kappa shape index (κ3) is 11.1. The largest absolute Gasteiger partial charge is 0.456 e. The van der Waals surface area contributed by atoms with Crippen LogP contribution in [0.3, 0.4) is 0 Å². The van der Waals surface area contributed by atoms with Crippen molar-refractivity contribution in [3.63, 3.8) is 0 Å². The van der Waals surface area contributed by atoms with Crippen molar-refractivity contribution < 1.29 is 64.0 Å². The Labute approximate surface area is 351 Å². The van der Waals surface area contributed by atoms with Gasteiger partial charge in [0.15, 0.2) is 17.2 Å². The van der Waals surface area contributed by atoms with Gasteiger partial charge in [0.2, 0.25) is 0 Å². The number of ketones is 3. The van der Waals surface area contributed by atoms with Crippen LogP contribution in [0.15, 0.2) is 36.5 Å². The Kier molecular flexibility index (Phi) is 18.0. The maximum atomic E-state index is 14.2. The molecule has 13 nitrogen and oxygen atoms in total. The van der Waals surface area contributed by atoms with Gasteiger partial charge in [-0.05, 0) is 70.1 Å². The maximum absolute atomic E-state index is 14.2. The second-order valence-corrected chi connectivity index (χ2v) is 18.3. The summed E-state index contributed by atoms with van der Waals surface area (Å²) in [4.78, 5) is 54.9. The molecule has 0 aliphatic carbocycles. The third-order valence-corrected chi connectivity index (χ3v) is 13.6. The number of aliphatic hydroxyl groups excluding tert-OH is 4. The number of hydrogen-bond donors (Lipinski definition) is 6. The molecule has 0 aromatic heterocycles. The lowest BCUT2D eigenvalue weighted by atomic mass is 9.69. The number of allylic oxidation sites excluding steroid dienone is 4. The molecule has 0 aromatic rings. The van der Waals surface area contributed by atoms with Crippen molar-refractivity contribution in [2.45, 2.75) is 181 Å². The Morgan fingerprint density at radius 3 is 2.05 bits per heavy atom. The fourth-order valence-electron chi connectivity index (χ4n) is 9.21. The number of esters is 1. The van der Waals surface area contributed by atoms with E-state index in [1.807, 2.05) is 38.2 Å². The third-order valence-electron chi connectivity index (χ3n) is 13.6. The van der Waals surface area contributed by atoms with E-state index in [-0.39, 0.29) is 31.1 Å². The van der Waals surface area contributed by atoms with E-state index in [4.69, 9.17) is 14.2 Å². The Morgan fingerprint density at radius 2 is 1.46 bits per heavy atom. The van der Waals surface area contributed by atoms with Gasteiger partial charge < -0.3 is 44.8 Å². The van der Waals surface area contributed by atoms with Gasteiger partial charge in [0, 0.05) is 42.1 Å². The molecule has 1 spiro atoms. The van der Waals surface area contributed by atoms with Crippen LogP contribution in [0.25, 0.3) is 0 Å². The van der Waals surface area contributed by atoms with Gasteiger partial charge in [-0.1, -0.05) is 92.7 Å². The first-order valence-electron chi connectivity index (χ1n) is 21.8. The van der Waals surface area contributed by atoms with E-state index in [1.165, 1.54) is 33.8 Å². The highest BCUT2D eigenvalue weighted by Crippen LogP contribution is 2.51. The zero-order valence-electron chi connectivity index (χ0n) is 37.1. The normalized spacial score (nSPS) is 46.3. The molecule has 2 fully saturated rings. The minimum Gasteiger partial charge on any atom is -0.456 e. The number of ether oxygens (including phenoxy) is 3. The van der Waals surface area contributed by atoms with E-state index in [2.05, 4.69) is 0 Å². The van der Waals surface area contributed by atoms with Gasteiger partial charge >= 0.3 is 5.97 Å². The van der Waals surface area contributed by atoms with Gasteiger partial charge in [0.1, 0.15) is 17.5 Å². The summed E-state index contributed by atoms with van der Waals surface area (Å²) in [5, 5.41) is 67.7. The summed E-state index contributed by atoms with van der Waals surface area (Å²) in [6, 6.07) is 0. The van der Waals surface area contributed by atoms with Crippen LogP contribution in [0.1, 0.15) is 121 Å². The van der Waals surface area contributed by atoms with E-state index < -0.39 is 119 Å². The second-order valence-electron chi connectivity index (χ2n) is 18.3. The zero-order chi connectivity index (χ0) is 44.8. The quantitative estimate of drug-likeness (QED) is 0.214. The van der Waals surface area contributed by atoms with E-state index in [9.17, 15) is 49.8 Å². The van der Waals surface area contributed by atoms with Crippen LogP contribution in [0.2, 0.25) is 0 Å². The van der Waals surface area contributed by atoms with Crippen LogP contribution >= 0.6 is 0 Å². The van der Waals surface area contributed by atoms with E-state index in [1.54, 1.807) is 34.6 Å². The van der Waals surface area contributed by atoms with E-state index in [0.29, 0.717) is 19.3 Å². The molecule has 6 N–H and O–H groups in total. The Hall–Kier alpha value is -2.62. The average Bonchev–Trinajstić information content (AvgIpc) is 3.19. The molecule has 59 heavy (non-hydrogen) atoms. The summed E-state index contributed by atoms with van der Waals surface area (Å²) >= 11 is 0. The first-order valence-corrected chi connectivity index (χ1v) is 21.8. The molecule has 2 saturated heterocycles.